The van der Waals surface area contributed by atoms with Crippen LogP contribution in [0.2, 0.25) is 0 Å². The summed E-state index contributed by atoms with van der Waals surface area (Å²) in [4.78, 5) is 11.7. The van der Waals surface area contributed by atoms with Crippen molar-refractivity contribution in [2.45, 2.75) is 64.0 Å². The molecule has 19 heavy (non-hydrogen) atoms. The van der Waals surface area contributed by atoms with Crippen molar-refractivity contribution in [3.8, 4) is 0 Å². The van der Waals surface area contributed by atoms with Crippen LogP contribution >= 0.6 is 0 Å². The lowest BCUT2D eigenvalue weighted by Gasteiger charge is -2.28. The molecule has 0 aliphatic heterocycles. The molecule has 1 N–H and O–H groups in total. The van der Waals surface area contributed by atoms with E-state index in [4.69, 9.17) is 9.15 Å². The number of hydrogen-bond donors (Lipinski definition) is 1. The van der Waals surface area contributed by atoms with Crippen molar-refractivity contribution in [1.82, 2.24) is 15.5 Å². The van der Waals surface area contributed by atoms with Crippen LogP contribution in [0.5, 0.6) is 0 Å². The lowest BCUT2D eigenvalue weighted by Crippen LogP contribution is -2.40. The van der Waals surface area contributed by atoms with Crippen molar-refractivity contribution in [3.63, 3.8) is 0 Å². The Balaban J connectivity index is 1.76. The van der Waals surface area contributed by atoms with Crippen LogP contribution in [-0.4, -0.2) is 27.9 Å². The van der Waals surface area contributed by atoms with Crippen molar-refractivity contribution in [2.24, 2.45) is 0 Å². The van der Waals surface area contributed by atoms with Gasteiger partial charge in [0.1, 0.15) is 5.60 Å². The van der Waals surface area contributed by atoms with Crippen LogP contribution in [0.3, 0.4) is 0 Å². The number of ether oxygens (including phenoxy) is 1. The molecule has 2 rings (SSSR count). The minimum Gasteiger partial charge on any atom is -0.444 e. The third kappa shape index (κ3) is 4.22. The maximum absolute atomic E-state index is 11.7. The normalized spacial score (nSPS) is 23.9. The number of rotatable bonds is 2. The summed E-state index contributed by atoms with van der Waals surface area (Å²) in [6, 6.07) is 0.175. The molecule has 0 radical (unpaired) electrons. The first-order valence-corrected chi connectivity index (χ1v) is 6.69. The molecule has 6 nitrogen and oxygen atoms in total. The second kappa shape index (κ2) is 5.59. The summed E-state index contributed by atoms with van der Waals surface area (Å²) in [5.41, 5.74) is -0.453. The fourth-order valence-electron chi connectivity index (χ4n) is 2.32. The van der Waals surface area contributed by atoms with E-state index in [0.717, 1.165) is 25.7 Å². The lowest BCUT2D eigenvalue weighted by atomic mass is 9.86. The van der Waals surface area contributed by atoms with Crippen LogP contribution < -0.4 is 5.32 Å². The Morgan fingerprint density at radius 2 is 2.05 bits per heavy atom. The van der Waals surface area contributed by atoms with E-state index >= 15 is 0 Å². The van der Waals surface area contributed by atoms with Gasteiger partial charge < -0.3 is 14.5 Å². The van der Waals surface area contributed by atoms with Gasteiger partial charge in [-0.25, -0.2) is 4.79 Å². The van der Waals surface area contributed by atoms with Gasteiger partial charge in [0, 0.05) is 12.0 Å². The summed E-state index contributed by atoms with van der Waals surface area (Å²) >= 11 is 0. The number of nitrogens with zero attached hydrogens (tertiary/aromatic N) is 2. The Labute approximate surface area is 112 Å². The standard InChI is InChI=1S/C13H21N3O3/c1-13(2,3)19-12(17)15-10-6-4-9(5-7-10)11-16-14-8-18-11/h8-10H,4-7H2,1-3H3,(H,15,17). The van der Waals surface area contributed by atoms with Crippen molar-refractivity contribution in [1.29, 1.82) is 0 Å². The third-order valence-corrected chi connectivity index (χ3v) is 3.17. The highest BCUT2D eigenvalue weighted by molar-refractivity contribution is 5.68. The zero-order chi connectivity index (χ0) is 13.9. The second-order valence-corrected chi connectivity index (χ2v) is 5.97. The van der Waals surface area contributed by atoms with E-state index in [-0.39, 0.29) is 12.1 Å². The van der Waals surface area contributed by atoms with E-state index in [9.17, 15) is 4.79 Å². The second-order valence-electron chi connectivity index (χ2n) is 5.97. The Morgan fingerprint density at radius 1 is 1.37 bits per heavy atom. The topological polar surface area (TPSA) is 77.2 Å². The van der Waals surface area contributed by atoms with E-state index in [0.29, 0.717) is 11.8 Å². The first-order chi connectivity index (χ1) is 8.94. The number of carbonyl (C=O) groups excluding carboxylic acids is 1. The van der Waals surface area contributed by atoms with Gasteiger partial charge in [0.2, 0.25) is 12.3 Å². The van der Waals surface area contributed by atoms with Gasteiger partial charge >= 0.3 is 6.09 Å². The molecule has 1 aliphatic rings. The summed E-state index contributed by atoms with van der Waals surface area (Å²) in [5, 5.41) is 10.6. The molecule has 1 aromatic heterocycles. The third-order valence-electron chi connectivity index (χ3n) is 3.17. The number of nitrogens with one attached hydrogen (secondary N) is 1. The number of carbonyl (C=O) groups is 1. The smallest absolute Gasteiger partial charge is 0.407 e. The molecule has 106 valence electrons. The van der Waals surface area contributed by atoms with Crippen LogP contribution in [0, 0.1) is 0 Å². The van der Waals surface area contributed by atoms with Crippen LogP contribution in [0.4, 0.5) is 4.79 Å². The number of alkyl carbamates (subject to hydrolysis) is 1. The molecule has 1 saturated carbocycles. The van der Waals surface area contributed by atoms with E-state index in [2.05, 4.69) is 15.5 Å². The average molecular weight is 267 g/mol. The van der Waals surface area contributed by atoms with Crippen LogP contribution in [0.25, 0.3) is 0 Å². The predicted molar refractivity (Wildman–Crippen MR) is 68.7 cm³/mol. The molecule has 0 aromatic carbocycles. The molecule has 1 aromatic rings. The van der Waals surface area contributed by atoms with Gasteiger partial charge in [-0.2, -0.15) is 0 Å². The number of hydrogen-bond acceptors (Lipinski definition) is 5. The SMILES string of the molecule is CC(C)(C)OC(=O)NC1CCC(c2nnco2)CC1. The molecular weight excluding hydrogens is 246 g/mol. The molecule has 0 bridgehead atoms. The van der Waals surface area contributed by atoms with Crippen LogP contribution in [-0.2, 0) is 4.74 Å². The Bertz CT molecular complexity index is 403. The zero-order valence-electron chi connectivity index (χ0n) is 11.7. The van der Waals surface area contributed by atoms with Gasteiger partial charge in [0.15, 0.2) is 0 Å². The summed E-state index contributed by atoms with van der Waals surface area (Å²) in [7, 11) is 0. The molecule has 0 unspecified atom stereocenters. The zero-order valence-corrected chi connectivity index (χ0v) is 11.7. The first-order valence-electron chi connectivity index (χ1n) is 6.69. The monoisotopic (exact) mass is 267 g/mol. The van der Waals surface area contributed by atoms with E-state index in [1.807, 2.05) is 20.8 Å². The lowest BCUT2D eigenvalue weighted by molar-refractivity contribution is 0.0490. The highest BCUT2D eigenvalue weighted by Gasteiger charge is 2.27. The predicted octanol–water partition coefficient (Wildman–Crippen LogP) is 2.62. The summed E-state index contributed by atoms with van der Waals surface area (Å²) < 4.78 is 10.5. The van der Waals surface area contributed by atoms with Gasteiger partial charge in [-0.3, -0.25) is 0 Å². The van der Waals surface area contributed by atoms with Gasteiger partial charge in [0.25, 0.3) is 0 Å². The minimum absolute atomic E-state index is 0.175. The summed E-state index contributed by atoms with van der Waals surface area (Å²) in [6.45, 7) is 5.58. The summed E-state index contributed by atoms with van der Waals surface area (Å²) in [6.07, 6.45) is 4.73. The molecule has 1 heterocycles. The van der Waals surface area contributed by atoms with Gasteiger partial charge in [-0.05, 0) is 46.5 Å². The molecule has 1 amide bonds. The maximum Gasteiger partial charge on any atom is 0.407 e. The molecule has 0 atom stereocenters. The van der Waals surface area contributed by atoms with Gasteiger partial charge in [0.05, 0.1) is 0 Å². The fraction of sp³-hybridized carbons (Fsp3) is 0.769. The van der Waals surface area contributed by atoms with E-state index in [1.54, 1.807) is 0 Å². The van der Waals surface area contributed by atoms with Gasteiger partial charge in [-0.1, -0.05) is 0 Å². The fourth-order valence-corrected chi connectivity index (χ4v) is 2.32. The molecule has 6 heteroatoms. The van der Waals surface area contributed by atoms with Crippen LogP contribution in [0.15, 0.2) is 10.8 Å². The molecule has 1 aliphatic carbocycles. The summed E-state index contributed by atoms with van der Waals surface area (Å²) in [5.74, 6) is 1.02. The molecule has 1 fully saturated rings. The highest BCUT2D eigenvalue weighted by Crippen LogP contribution is 2.31. The van der Waals surface area contributed by atoms with Crippen molar-refractivity contribution in [2.75, 3.05) is 0 Å². The molecule has 0 spiro atoms. The van der Waals surface area contributed by atoms with Crippen LogP contribution in [0.1, 0.15) is 58.3 Å². The molecule has 0 saturated heterocycles. The van der Waals surface area contributed by atoms with Crippen molar-refractivity contribution in [3.05, 3.63) is 12.3 Å². The van der Waals surface area contributed by atoms with Crippen molar-refractivity contribution < 1.29 is 13.9 Å². The molecular formula is C13H21N3O3. The average Bonchev–Trinajstić information content (AvgIpc) is 2.80. The first kappa shape index (κ1) is 13.8. The highest BCUT2D eigenvalue weighted by atomic mass is 16.6. The van der Waals surface area contributed by atoms with E-state index in [1.165, 1.54) is 6.39 Å². The Hall–Kier alpha value is -1.59. The Kier molecular flexibility index (Phi) is 4.07. The van der Waals surface area contributed by atoms with Crippen molar-refractivity contribution >= 4 is 6.09 Å². The number of amides is 1. The van der Waals surface area contributed by atoms with Gasteiger partial charge in [-0.15, -0.1) is 10.2 Å². The quantitative estimate of drug-likeness (QED) is 0.891. The maximum atomic E-state index is 11.7. The number of aromatic nitrogens is 2. The van der Waals surface area contributed by atoms with E-state index < -0.39 is 5.60 Å². The Morgan fingerprint density at radius 3 is 2.58 bits per heavy atom. The largest absolute Gasteiger partial charge is 0.444 e. The minimum atomic E-state index is -0.453.